The standard InChI is InChI=1S/C10H11BrFNO2/c1-2-15-10(14)13-8-5-3-4-7(6-11)9(8)12/h3-5H,2,6H2,1H3,(H,13,14). The molecular formula is C10H11BrFNO2. The number of anilines is 1. The molecule has 15 heavy (non-hydrogen) atoms. The molecular weight excluding hydrogens is 265 g/mol. The third-order valence-corrected chi connectivity index (χ3v) is 2.34. The predicted octanol–water partition coefficient (Wildman–Crippen LogP) is 3.29. The van der Waals surface area contributed by atoms with Crippen LogP contribution >= 0.6 is 15.9 Å². The number of rotatable bonds is 3. The van der Waals surface area contributed by atoms with Gasteiger partial charge < -0.3 is 4.74 Å². The summed E-state index contributed by atoms with van der Waals surface area (Å²) in [6.45, 7) is 1.94. The Labute approximate surface area is 95.7 Å². The van der Waals surface area contributed by atoms with E-state index in [9.17, 15) is 9.18 Å². The van der Waals surface area contributed by atoms with E-state index in [1.807, 2.05) is 0 Å². The van der Waals surface area contributed by atoms with Gasteiger partial charge in [0.2, 0.25) is 0 Å². The van der Waals surface area contributed by atoms with Crippen LogP contribution in [0.25, 0.3) is 0 Å². The fraction of sp³-hybridized carbons (Fsp3) is 0.300. The zero-order chi connectivity index (χ0) is 11.3. The number of carbonyl (C=O) groups excluding carboxylic acids is 1. The molecule has 0 aliphatic heterocycles. The Bertz CT molecular complexity index is 357. The quantitative estimate of drug-likeness (QED) is 0.860. The van der Waals surface area contributed by atoms with Crippen LogP contribution in [0, 0.1) is 5.82 Å². The Balaban J connectivity index is 2.81. The van der Waals surface area contributed by atoms with Gasteiger partial charge in [0.05, 0.1) is 12.3 Å². The van der Waals surface area contributed by atoms with Gasteiger partial charge in [0.1, 0.15) is 0 Å². The zero-order valence-corrected chi connectivity index (χ0v) is 9.80. The molecule has 0 bridgehead atoms. The Hall–Kier alpha value is -1.10. The van der Waals surface area contributed by atoms with E-state index < -0.39 is 11.9 Å². The number of hydrogen-bond acceptors (Lipinski definition) is 2. The number of halogens is 2. The van der Waals surface area contributed by atoms with E-state index in [1.54, 1.807) is 19.1 Å². The summed E-state index contributed by atoms with van der Waals surface area (Å²) in [5.74, 6) is -0.442. The van der Waals surface area contributed by atoms with Gasteiger partial charge in [-0.25, -0.2) is 9.18 Å². The molecule has 0 heterocycles. The van der Waals surface area contributed by atoms with Gasteiger partial charge in [-0.3, -0.25) is 5.32 Å². The topological polar surface area (TPSA) is 38.3 Å². The van der Waals surface area contributed by atoms with Crippen LogP contribution < -0.4 is 5.32 Å². The third kappa shape index (κ3) is 3.20. The van der Waals surface area contributed by atoms with E-state index in [0.717, 1.165) is 0 Å². The van der Waals surface area contributed by atoms with Crippen LogP contribution in [0.3, 0.4) is 0 Å². The van der Waals surface area contributed by atoms with E-state index in [2.05, 4.69) is 26.0 Å². The normalized spacial score (nSPS) is 9.80. The van der Waals surface area contributed by atoms with Crippen molar-refractivity contribution in [2.75, 3.05) is 11.9 Å². The summed E-state index contributed by atoms with van der Waals surface area (Å²) in [5.41, 5.74) is 0.620. The van der Waals surface area contributed by atoms with Gasteiger partial charge in [-0.05, 0) is 13.0 Å². The largest absolute Gasteiger partial charge is 0.450 e. The van der Waals surface area contributed by atoms with Gasteiger partial charge in [-0.1, -0.05) is 28.1 Å². The van der Waals surface area contributed by atoms with Crippen LogP contribution in [-0.4, -0.2) is 12.7 Å². The minimum atomic E-state index is -0.650. The van der Waals surface area contributed by atoms with Gasteiger partial charge in [-0.2, -0.15) is 0 Å². The van der Waals surface area contributed by atoms with E-state index in [0.29, 0.717) is 10.9 Å². The molecule has 0 fully saturated rings. The van der Waals surface area contributed by atoms with Crippen molar-refractivity contribution in [1.29, 1.82) is 0 Å². The number of hydrogen-bond donors (Lipinski definition) is 1. The van der Waals surface area contributed by atoms with Crippen LogP contribution in [0.5, 0.6) is 0 Å². The SMILES string of the molecule is CCOC(=O)Nc1cccc(CBr)c1F. The number of ether oxygens (including phenoxy) is 1. The first-order chi connectivity index (χ1) is 7.19. The second kappa shape index (κ2) is 5.70. The molecule has 1 aromatic rings. The van der Waals surface area contributed by atoms with Crippen LogP contribution in [0.4, 0.5) is 14.9 Å². The number of benzene rings is 1. The molecule has 82 valence electrons. The van der Waals surface area contributed by atoms with Crippen molar-refractivity contribution in [3.05, 3.63) is 29.6 Å². The number of amides is 1. The second-order valence-electron chi connectivity index (χ2n) is 2.76. The summed E-state index contributed by atoms with van der Waals surface area (Å²) in [7, 11) is 0. The van der Waals surface area contributed by atoms with E-state index in [-0.39, 0.29) is 12.3 Å². The van der Waals surface area contributed by atoms with Gasteiger partial charge in [0.15, 0.2) is 5.82 Å². The lowest BCUT2D eigenvalue weighted by atomic mass is 10.2. The van der Waals surface area contributed by atoms with E-state index in [1.165, 1.54) is 6.07 Å². The highest BCUT2D eigenvalue weighted by molar-refractivity contribution is 9.08. The summed E-state index contributed by atoms with van der Waals surface area (Å²) in [5, 5.41) is 2.73. The summed E-state index contributed by atoms with van der Waals surface area (Å²) >= 11 is 3.16. The summed E-state index contributed by atoms with van der Waals surface area (Å²) in [6, 6.07) is 4.79. The fourth-order valence-electron chi connectivity index (χ4n) is 1.06. The van der Waals surface area contributed by atoms with Gasteiger partial charge >= 0.3 is 6.09 Å². The molecule has 1 aromatic carbocycles. The summed E-state index contributed by atoms with van der Waals surface area (Å²) in [6.07, 6.45) is -0.650. The van der Waals surface area contributed by atoms with Crippen molar-refractivity contribution >= 4 is 27.7 Å². The average Bonchev–Trinajstić information content (AvgIpc) is 2.21. The molecule has 0 aromatic heterocycles. The van der Waals surface area contributed by atoms with Crippen molar-refractivity contribution < 1.29 is 13.9 Å². The molecule has 5 heteroatoms. The first kappa shape index (κ1) is 12.0. The molecule has 0 saturated carbocycles. The lowest BCUT2D eigenvalue weighted by Gasteiger charge is -2.08. The van der Waals surface area contributed by atoms with Crippen LogP contribution in [-0.2, 0) is 10.1 Å². The van der Waals surface area contributed by atoms with Gasteiger partial charge in [0.25, 0.3) is 0 Å². The maximum absolute atomic E-state index is 13.6. The Morgan fingerprint density at radius 1 is 1.60 bits per heavy atom. The van der Waals surface area contributed by atoms with Crippen molar-refractivity contribution in [3.63, 3.8) is 0 Å². The maximum atomic E-state index is 13.6. The lowest BCUT2D eigenvalue weighted by Crippen LogP contribution is -2.14. The molecule has 0 atom stereocenters. The smallest absolute Gasteiger partial charge is 0.411 e. The highest BCUT2D eigenvalue weighted by atomic mass is 79.9. The monoisotopic (exact) mass is 275 g/mol. The van der Waals surface area contributed by atoms with Crippen LogP contribution in [0.2, 0.25) is 0 Å². The van der Waals surface area contributed by atoms with Gasteiger partial charge in [-0.15, -0.1) is 0 Å². The Kier molecular flexibility index (Phi) is 4.55. The average molecular weight is 276 g/mol. The minimum absolute atomic E-state index is 0.130. The first-order valence-electron chi connectivity index (χ1n) is 4.46. The second-order valence-corrected chi connectivity index (χ2v) is 3.32. The molecule has 0 saturated heterocycles. The number of alkyl halides is 1. The molecule has 1 amide bonds. The van der Waals surface area contributed by atoms with E-state index >= 15 is 0 Å². The van der Waals surface area contributed by atoms with Crippen molar-refractivity contribution in [2.24, 2.45) is 0 Å². The summed E-state index contributed by atoms with van der Waals surface area (Å²) in [4.78, 5) is 11.1. The molecule has 0 spiro atoms. The summed E-state index contributed by atoms with van der Waals surface area (Å²) < 4.78 is 18.2. The van der Waals surface area contributed by atoms with Gasteiger partial charge in [0, 0.05) is 10.9 Å². The van der Waals surface area contributed by atoms with Crippen molar-refractivity contribution in [1.82, 2.24) is 0 Å². The molecule has 0 radical (unpaired) electrons. The lowest BCUT2D eigenvalue weighted by molar-refractivity contribution is 0.168. The van der Waals surface area contributed by atoms with Crippen LogP contribution in [0.15, 0.2) is 18.2 Å². The predicted molar refractivity (Wildman–Crippen MR) is 59.7 cm³/mol. The van der Waals surface area contributed by atoms with E-state index in [4.69, 9.17) is 0 Å². The Morgan fingerprint density at radius 3 is 2.93 bits per heavy atom. The minimum Gasteiger partial charge on any atom is -0.450 e. The molecule has 0 aliphatic carbocycles. The maximum Gasteiger partial charge on any atom is 0.411 e. The molecule has 0 unspecified atom stereocenters. The van der Waals surface area contributed by atoms with Crippen molar-refractivity contribution in [3.8, 4) is 0 Å². The molecule has 1 N–H and O–H groups in total. The number of nitrogens with one attached hydrogen (secondary N) is 1. The van der Waals surface area contributed by atoms with Crippen molar-refractivity contribution in [2.45, 2.75) is 12.3 Å². The fourth-order valence-corrected chi connectivity index (χ4v) is 1.49. The third-order valence-electron chi connectivity index (χ3n) is 1.73. The first-order valence-corrected chi connectivity index (χ1v) is 5.58. The molecule has 1 rings (SSSR count). The zero-order valence-electron chi connectivity index (χ0n) is 8.22. The number of carbonyl (C=O) groups is 1. The van der Waals surface area contributed by atoms with Crippen LogP contribution in [0.1, 0.15) is 12.5 Å². The molecule has 0 aliphatic rings. The highest BCUT2D eigenvalue weighted by Gasteiger charge is 2.09. The Morgan fingerprint density at radius 2 is 2.33 bits per heavy atom. The molecule has 3 nitrogen and oxygen atoms in total. The highest BCUT2D eigenvalue weighted by Crippen LogP contribution is 2.20.